The second-order valence-electron chi connectivity index (χ2n) is 5.61. The summed E-state index contributed by atoms with van der Waals surface area (Å²) in [6.45, 7) is 5.34. The molecule has 3 nitrogen and oxygen atoms in total. The van der Waals surface area contributed by atoms with Crippen molar-refractivity contribution in [2.75, 3.05) is 0 Å². The molecule has 1 aliphatic rings. The Kier molecular flexibility index (Phi) is 2.86. The quantitative estimate of drug-likeness (QED) is 0.894. The number of para-hydroxylation sites is 1. The minimum absolute atomic E-state index is 0.521. The topological polar surface area (TPSA) is 29.9 Å². The molecule has 1 heterocycles. The Morgan fingerprint density at radius 3 is 2.83 bits per heavy atom. The van der Waals surface area contributed by atoms with E-state index in [1.165, 1.54) is 29.4 Å². The van der Waals surface area contributed by atoms with Crippen LogP contribution in [0, 0.1) is 0 Å². The van der Waals surface area contributed by atoms with Crippen LogP contribution in [0.25, 0.3) is 11.0 Å². The van der Waals surface area contributed by atoms with Gasteiger partial charge in [-0.05, 0) is 30.4 Å². The first-order valence-corrected chi connectivity index (χ1v) is 6.84. The van der Waals surface area contributed by atoms with Gasteiger partial charge in [-0.1, -0.05) is 26.0 Å². The van der Waals surface area contributed by atoms with Gasteiger partial charge in [-0.15, -0.1) is 0 Å². The average molecular weight is 243 g/mol. The number of rotatable bonds is 4. The van der Waals surface area contributed by atoms with E-state index in [4.69, 9.17) is 4.98 Å². The van der Waals surface area contributed by atoms with Crippen molar-refractivity contribution in [3.8, 4) is 0 Å². The molecule has 3 heteroatoms. The van der Waals surface area contributed by atoms with Crippen LogP contribution in [0.2, 0.25) is 0 Å². The minimum atomic E-state index is 0.521. The summed E-state index contributed by atoms with van der Waals surface area (Å²) in [5.74, 6) is 1.66. The van der Waals surface area contributed by atoms with Gasteiger partial charge in [0.1, 0.15) is 5.82 Å². The van der Waals surface area contributed by atoms with Crippen LogP contribution in [-0.2, 0) is 13.6 Å². The second-order valence-corrected chi connectivity index (χ2v) is 5.61. The van der Waals surface area contributed by atoms with Crippen molar-refractivity contribution in [1.29, 1.82) is 0 Å². The van der Waals surface area contributed by atoms with Gasteiger partial charge < -0.3 is 9.88 Å². The van der Waals surface area contributed by atoms with Gasteiger partial charge in [0.25, 0.3) is 0 Å². The molecule has 2 aromatic rings. The summed E-state index contributed by atoms with van der Waals surface area (Å²) in [6, 6.07) is 7.22. The van der Waals surface area contributed by atoms with Gasteiger partial charge in [-0.25, -0.2) is 4.98 Å². The zero-order valence-electron chi connectivity index (χ0n) is 11.4. The molecule has 1 saturated carbocycles. The highest BCUT2D eigenvalue weighted by Gasteiger charge is 2.21. The Bertz CT molecular complexity index is 564. The van der Waals surface area contributed by atoms with E-state index < -0.39 is 0 Å². The molecule has 1 aliphatic carbocycles. The molecule has 0 spiro atoms. The van der Waals surface area contributed by atoms with Crippen LogP contribution in [0.4, 0.5) is 0 Å². The van der Waals surface area contributed by atoms with E-state index >= 15 is 0 Å². The normalized spacial score (nSPS) is 15.8. The van der Waals surface area contributed by atoms with Crippen molar-refractivity contribution in [2.24, 2.45) is 7.05 Å². The number of benzene rings is 1. The largest absolute Gasteiger partial charge is 0.330 e. The van der Waals surface area contributed by atoms with Gasteiger partial charge in [-0.3, -0.25) is 0 Å². The third-order valence-corrected chi connectivity index (χ3v) is 3.78. The predicted molar refractivity (Wildman–Crippen MR) is 74.7 cm³/mol. The van der Waals surface area contributed by atoms with Gasteiger partial charge in [0.05, 0.1) is 17.6 Å². The lowest BCUT2D eigenvalue weighted by atomic mass is 10.0. The number of imidazole rings is 1. The minimum Gasteiger partial charge on any atom is -0.330 e. The Morgan fingerprint density at radius 2 is 2.17 bits per heavy atom. The van der Waals surface area contributed by atoms with E-state index in [0.29, 0.717) is 5.92 Å². The highest BCUT2D eigenvalue weighted by Crippen LogP contribution is 2.25. The number of hydrogen-bond donors (Lipinski definition) is 1. The van der Waals surface area contributed by atoms with E-state index in [1.807, 2.05) is 0 Å². The standard InChI is InChI=1S/C15H21N3/c1-10(2)12-5-4-6-13-15(12)17-14(18(13)3)9-16-11-7-8-11/h4-6,10-11,16H,7-9H2,1-3H3. The SMILES string of the molecule is CC(C)c1cccc2c1nc(CNC1CC1)n2C. The van der Waals surface area contributed by atoms with Crippen molar-refractivity contribution >= 4 is 11.0 Å². The maximum absolute atomic E-state index is 4.83. The van der Waals surface area contributed by atoms with E-state index in [2.05, 4.69) is 49.0 Å². The number of aromatic nitrogens is 2. The van der Waals surface area contributed by atoms with Crippen LogP contribution in [-0.4, -0.2) is 15.6 Å². The smallest absolute Gasteiger partial charge is 0.123 e. The molecular weight excluding hydrogens is 222 g/mol. The maximum atomic E-state index is 4.83. The third-order valence-electron chi connectivity index (χ3n) is 3.78. The van der Waals surface area contributed by atoms with Crippen LogP contribution in [0.5, 0.6) is 0 Å². The van der Waals surface area contributed by atoms with Crippen LogP contribution < -0.4 is 5.32 Å². The van der Waals surface area contributed by atoms with Crippen LogP contribution in [0.15, 0.2) is 18.2 Å². The van der Waals surface area contributed by atoms with E-state index in [1.54, 1.807) is 0 Å². The summed E-state index contributed by atoms with van der Waals surface area (Å²) in [4.78, 5) is 4.83. The molecular formula is C15H21N3. The molecule has 18 heavy (non-hydrogen) atoms. The van der Waals surface area contributed by atoms with Crippen molar-refractivity contribution in [2.45, 2.75) is 45.2 Å². The van der Waals surface area contributed by atoms with Gasteiger partial charge in [0.15, 0.2) is 0 Å². The second kappa shape index (κ2) is 4.39. The number of fused-ring (bicyclic) bond motifs is 1. The first-order valence-electron chi connectivity index (χ1n) is 6.84. The lowest BCUT2D eigenvalue weighted by molar-refractivity contribution is 0.639. The van der Waals surface area contributed by atoms with Crippen LogP contribution >= 0.6 is 0 Å². The van der Waals surface area contributed by atoms with Crippen LogP contribution in [0.3, 0.4) is 0 Å². The fraction of sp³-hybridized carbons (Fsp3) is 0.533. The maximum Gasteiger partial charge on any atom is 0.123 e. The highest BCUT2D eigenvalue weighted by atomic mass is 15.1. The molecule has 0 atom stereocenters. The predicted octanol–water partition coefficient (Wildman–Crippen LogP) is 2.95. The van der Waals surface area contributed by atoms with E-state index in [-0.39, 0.29) is 0 Å². The number of aryl methyl sites for hydroxylation is 1. The molecule has 0 radical (unpaired) electrons. The molecule has 0 saturated heterocycles. The van der Waals surface area contributed by atoms with Crippen molar-refractivity contribution in [3.63, 3.8) is 0 Å². The molecule has 1 N–H and O–H groups in total. The first-order chi connectivity index (χ1) is 8.66. The monoisotopic (exact) mass is 243 g/mol. The summed E-state index contributed by atoms with van der Waals surface area (Å²) < 4.78 is 2.22. The highest BCUT2D eigenvalue weighted by molar-refractivity contribution is 5.80. The van der Waals surface area contributed by atoms with E-state index in [0.717, 1.165) is 18.4 Å². The van der Waals surface area contributed by atoms with Crippen molar-refractivity contribution in [3.05, 3.63) is 29.6 Å². The van der Waals surface area contributed by atoms with Gasteiger partial charge >= 0.3 is 0 Å². The van der Waals surface area contributed by atoms with E-state index in [9.17, 15) is 0 Å². The number of hydrogen-bond acceptors (Lipinski definition) is 2. The fourth-order valence-electron chi connectivity index (χ4n) is 2.43. The molecule has 0 amide bonds. The van der Waals surface area contributed by atoms with Gasteiger partial charge in [-0.2, -0.15) is 0 Å². The molecule has 0 bridgehead atoms. The summed E-state index contributed by atoms with van der Waals surface area (Å²) in [7, 11) is 2.11. The number of nitrogens with one attached hydrogen (secondary N) is 1. The molecule has 1 aromatic carbocycles. The zero-order valence-corrected chi connectivity index (χ0v) is 11.4. The average Bonchev–Trinajstić information content (AvgIpc) is 3.12. The molecule has 1 fully saturated rings. The van der Waals surface area contributed by atoms with Crippen LogP contribution in [0.1, 0.15) is 44.0 Å². The van der Waals surface area contributed by atoms with Gasteiger partial charge in [0, 0.05) is 13.1 Å². The Morgan fingerprint density at radius 1 is 1.39 bits per heavy atom. The number of nitrogens with zero attached hydrogens (tertiary/aromatic N) is 2. The Hall–Kier alpha value is -1.35. The summed E-state index contributed by atoms with van der Waals surface area (Å²) in [6.07, 6.45) is 2.64. The summed E-state index contributed by atoms with van der Waals surface area (Å²) >= 11 is 0. The Labute approximate surface area is 108 Å². The molecule has 0 unspecified atom stereocenters. The zero-order chi connectivity index (χ0) is 12.7. The van der Waals surface area contributed by atoms with Gasteiger partial charge in [0.2, 0.25) is 0 Å². The fourth-order valence-corrected chi connectivity index (χ4v) is 2.43. The summed E-state index contributed by atoms with van der Waals surface area (Å²) in [5.41, 5.74) is 3.76. The summed E-state index contributed by atoms with van der Waals surface area (Å²) in [5, 5.41) is 3.54. The third kappa shape index (κ3) is 2.03. The molecule has 96 valence electrons. The molecule has 3 rings (SSSR count). The lowest BCUT2D eigenvalue weighted by Crippen LogP contribution is -2.18. The van der Waals surface area contributed by atoms with Crippen molar-refractivity contribution in [1.82, 2.24) is 14.9 Å². The molecule has 1 aromatic heterocycles. The Balaban J connectivity index is 1.99. The van der Waals surface area contributed by atoms with Crippen molar-refractivity contribution < 1.29 is 0 Å². The first kappa shape index (κ1) is 11.7. The lowest BCUT2D eigenvalue weighted by Gasteiger charge is -2.05. The molecule has 0 aliphatic heterocycles.